The van der Waals surface area contributed by atoms with Crippen LogP contribution in [0.3, 0.4) is 0 Å². The van der Waals surface area contributed by atoms with Crippen molar-refractivity contribution in [1.29, 1.82) is 0 Å². The van der Waals surface area contributed by atoms with Gasteiger partial charge in [0, 0.05) is 0 Å². The standard InChI is InChI=1S/C6H9F4N/c1-4(2-3-11)6(9,10)5(7)8/h5H,1-3,11H2. The Kier molecular flexibility index (Phi) is 3.51. The quantitative estimate of drug-likeness (QED) is 0.506. The Morgan fingerprint density at radius 2 is 1.91 bits per heavy atom. The first-order valence-electron chi connectivity index (χ1n) is 2.97. The molecular formula is C6H9F4N. The molecule has 2 N–H and O–H groups in total. The molecule has 0 aromatic carbocycles. The highest BCUT2D eigenvalue weighted by atomic mass is 19.3. The van der Waals surface area contributed by atoms with Gasteiger partial charge in [0.15, 0.2) is 0 Å². The molecule has 0 aliphatic heterocycles. The van der Waals surface area contributed by atoms with Crippen LogP contribution in [0.2, 0.25) is 0 Å². The van der Waals surface area contributed by atoms with Crippen molar-refractivity contribution in [3.05, 3.63) is 12.2 Å². The van der Waals surface area contributed by atoms with E-state index in [4.69, 9.17) is 5.73 Å². The highest BCUT2D eigenvalue weighted by Gasteiger charge is 2.42. The summed E-state index contributed by atoms with van der Waals surface area (Å²) < 4.78 is 47.5. The number of alkyl halides is 4. The summed E-state index contributed by atoms with van der Waals surface area (Å²) in [6.45, 7) is 2.73. The molecule has 1 nitrogen and oxygen atoms in total. The van der Waals surface area contributed by atoms with Crippen LogP contribution in [0.15, 0.2) is 12.2 Å². The zero-order chi connectivity index (χ0) is 9.07. The van der Waals surface area contributed by atoms with Crippen LogP contribution >= 0.6 is 0 Å². The van der Waals surface area contributed by atoms with Gasteiger partial charge in [-0.05, 0) is 18.5 Å². The van der Waals surface area contributed by atoms with Gasteiger partial charge in [-0.1, -0.05) is 6.58 Å². The van der Waals surface area contributed by atoms with E-state index >= 15 is 0 Å². The number of hydrogen-bond acceptors (Lipinski definition) is 1. The first kappa shape index (κ1) is 10.4. The fraction of sp³-hybridized carbons (Fsp3) is 0.667. The number of rotatable bonds is 4. The number of halogens is 4. The lowest BCUT2D eigenvalue weighted by Gasteiger charge is -2.16. The second-order valence-corrected chi connectivity index (χ2v) is 2.07. The van der Waals surface area contributed by atoms with Gasteiger partial charge in [-0.3, -0.25) is 0 Å². The van der Waals surface area contributed by atoms with Crippen molar-refractivity contribution in [2.75, 3.05) is 6.54 Å². The molecule has 0 radical (unpaired) electrons. The molecule has 0 saturated carbocycles. The van der Waals surface area contributed by atoms with Crippen molar-refractivity contribution in [2.24, 2.45) is 5.73 Å². The van der Waals surface area contributed by atoms with Gasteiger partial charge in [0.05, 0.1) is 0 Å². The van der Waals surface area contributed by atoms with Gasteiger partial charge in [0.25, 0.3) is 0 Å². The van der Waals surface area contributed by atoms with Crippen molar-refractivity contribution in [1.82, 2.24) is 0 Å². The van der Waals surface area contributed by atoms with Crippen molar-refractivity contribution < 1.29 is 17.6 Å². The van der Waals surface area contributed by atoms with E-state index < -0.39 is 17.9 Å². The summed E-state index contributed by atoms with van der Waals surface area (Å²) in [5.74, 6) is -4.10. The zero-order valence-corrected chi connectivity index (χ0v) is 5.79. The Hall–Kier alpha value is -0.580. The molecular weight excluding hydrogens is 162 g/mol. The second-order valence-electron chi connectivity index (χ2n) is 2.07. The van der Waals surface area contributed by atoms with Gasteiger partial charge in [0.1, 0.15) is 0 Å². The highest BCUT2D eigenvalue weighted by Crippen LogP contribution is 2.31. The summed E-state index contributed by atoms with van der Waals surface area (Å²) in [4.78, 5) is 0. The molecule has 0 spiro atoms. The number of nitrogens with two attached hydrogens (primary N) is 1. The van der Waals surface area contributed by atoms with Crippen molar-refractivity contribution in [3.8, 4) is 0 Å². The minimum Gasteiger partial charge on any atom is -0.330 e. The Labute approximate surface area is 61.9 Å². The largest absolute Gasteiger partial charge is 0.330 e. The molecule has 66 valence electrons. The van der Waals surface area contributed by atoms with E-state index in [1.54, 1.807) is 0 Å². The van der Waals surface area contributed by atoms with E-state index in [1.165, 1.54) is 0 Å². The third-order valence-electron chi connectivity index (χ3n) is 1.19. The predicted molar refractivity (Wildman–Crippen MR) is 33.8 cm³/mol. The van der Waals surface area contributed by atoms with Crippen molar-refractivity contribution >= 4 is 0 Å². The number of hydrogen-bond donors (Lipinski definition) is 1. The zero-order valence-electron chi connectivity index (χ0n) is 5.79. The Morgan fingerprint density at radius 3 is 2.18 bits per heavy atom. The van der Waals surface area contributed by atoms with E-state index in [0.717, 1.165) is 0 Å². The van der Waals surface area contributed by atoms with Crippen LogP contribution in [0.1, 0.15) is 6.42 Å². The van der Waals surface area contributed by atoms with Crippen LogP contribution < -0.4 is 5.73 Å². The van der Waals surface area contributed by atoms with E-state index in [0.29, 0.717) is 0 Å². The summed E-state index contributed by atoms with van der Waals surface area (Å²) in [5.41, 5.74) is 4.08. The molecule has 0 fully saturated rings. The molecule has 0 unspecified atom stereocenters. The molecule has 0 amide bonds. The minimum absolute atomic E-state index is 0.0961. The van der Waals surface area contributed by atoms with Crippen LogP contribution in [-0.4, -0.2) is 18.9 Å². The first-order valence-corrected chi connectivity index (χ1v) is 2.97. The summed E-state index contributed by atoms with van der Waals surface area (Å²) >= 11 is 0. The predicted octanol–water partition coefficient (Wildman–Crippen LogP) is 1.79. The molecule has 0 aromatic rings. The molecule has 11 heavy (non-hydrogen) atoms. The van der Waals surface area contributed by atoms with Gasteiger partial charge < -0.3 is 5.73 Å². The molecule has 5 heteroatoms. The lowest BCUT2D eigenvalue weighted by molar-refractivity contribution is -0.101. The fourth-order valence-electron chi connectivity index (χ4n) is 0.495. The summed E-state index contributed by atoms with van der Waals surface area (Å²) in [5, 5.41) is 0. The first-order chi connectivity index (χ1) is 4.92. The molecule has 0 atom stereocenters. The maximum atomic E-state index is 12.2. The van der Waals surface area contributed by atoms with Crippen molar-refractivity contribution in [3.63, 3.8) is 0 Å². The third-order valence-corrected chi connectivity index (χ3v) is 1.19. The minimum atomic E-state index is -4.10. The maximum Gasteiger partial charge on any atom is 0.328 e. The lowest BCUT2D eigenvalue weighted by atomic mass is 10.1. The monoisotopic (exact) mass is 171 g/mol. The lowest BCUT2D eigenvalue weighted by Crippen LogP contribution is -2.29. The Bertz CT molecular complexity index is 144. The Balaban J connectivity index is 4.18. The fourth-order valence-corrected chi connectivity index (χ4v) is 0.495. The summed E-state index contributed by atoms with van der Waals surface area (Å²) in [6, 6.07) is 0. The third kappa shape index (κ3) is 2.49. The average molecular weight is 171 g/mol. The van der Waals surface area contributed by atoms with E-state index in [9.17, 15) is 17.6 Å². The van der Waals surface area contributed by atoms with E-state index in [1.807, 2.05) is 0 Å². The second kappa shape index (κ2) is 3.71. The molecule has 0 aliphatic carbocycles. The van der Waals surface area contributed by atoms with Crippen LogP contribution in [0.5, 0.6) is 0 Å². The smallest absolute Gasteiger partial charge is 0.328 e. The maximum absolute atomic E-state index is 12.2. The van der Waals surface area contributed by atoms with Gasteiger partial charge in [-0.25, -0.2) is 8.78 Å². The topological polar surface area (TPSA) is 26.0 Å². The molecule has 0 aliphatic rings. The van der Waals surface area contributed by atoms with Gasteiger partial charge >= 0.3 is 12.3 Å². The molecule has 0 heterocycles. The van der Waals surface area contributed by atoms with Crippen LogP contribution in [0.25, 0.3) is 0 Å². The SMILES string of the molecule is C=C(CCN)C(F)(F)C(F)F. The summed E-state index contributed by atoms with van der Waals surface area (Å²) in [6.07, 6.45) is -3.97. The van der Waals surface area contributed by atoms with E-state index in [2.05, 4.69) is 6.58 Å². The molecule has 0 bridgehead atoms. The van der Waals surface area contributed by atoms with Crippen LogP contribution in [0.4, 0.5) is 17.6 Å². The van der Waals surface area contributed by atoms with Gasteiger partial charge in [-0.15, -0.1) is 0 Å². The van der Waals surface area contributed by atoms with E-state index in [-0.39, 0.29) is 13.0 Å². The molecule has 0 rings (SSSR count). The van der Waals surface area contributed by atoms with Crippen LogP contribution in [-0.2, 0) is 0 Å². The van der Waals surface area contributed by atoms with Gasteiger partial charge in [-0.2, -0.15) is 8.78 Å². The highest BCUT2D eigenvalue weighted by molar-refractivity contribution is 5.08. The van der Waals surface area contributed by atoms with Gasteiger partial charge in [0.2, 0.25) is 0 Å². The average Bonchev–Trinajstić information content (AvgIpc) is 1.88. The van der Waals surface area contributed by atoms with Crippen molar-refractivity contribution in [2.45, 2.75) is 18.8 Å². The summed E-state index contributed by atoms with van der Waals surface area (Å²) in [7, 11) is 0. The Morgan fingerprint density at radius 1 is 1.45 bits per heavy atom. The molecule has 0 saturated heterocycles. The normalized spacial score (nSPS) is 12.2. The molecule has 0 aromatic heterocycles. The van der Waals surface area contributed by atoms with Crippen LogP contribution in [0, 0.1) is 0 Å².